The molecule has 0 unspecified atom stereocenters. The fourth-order valence-corrected chi connectivity index (χ4v) is 9.49. The zero-order valence-corrected chi connectivity index (χ0v) is 36.5. The molecular weight excluding hydrogens is 823 g/mol. The van der Waals surface area contributed by atoms with Crippen molar-refractivity contribution >= 4 is 62.6 Å². The van der Waals surface area contributed by atoms with Gasteiger partial charge < -0.3 is 19.8 Å². The molecule has 8 aromatic rings. The first kappa shape index (κ1) is 41.2. The lowest BCUT2D eigenvalue weighted by atomic mass is 9.74. The van der Waals surface area contributed by atoms with E-state index in [9.17, 15) is 10.0 Å². The molecule has 0 heterocycles. The van der Waals surface area contributed by atoms with Crippen LogP contribution in [0.15, 0.2) is 199 Å². The van der Waals surface area contributed by atoms with E-state index in [4.69, 9.17) is 0 Å². The highest BCUT2D eigenvalue weighted by atomic mass is 79.9. The molecule has 8 aliphatic rings. The summed E-state index contributed by atoms with van der Waals surface area (Å²) in [5.41, 5.74) is 18.0. The fourth-order valence-electron chi connectivity index (χ4n) is 8.86. The summed E-state index contributed by atoms with van der Waals surface area (Å²) in [6, 6.07) is 69.3. The van der Waals surface area contributed by atoms with Crippen molar-refractivity contribution < 1.29 is 10.0 Å². The molecule has 8 bridgehead atoms. The summed E-state index contributed by atoms with van der Waals surface area (Å²) in [6.45, 7) is 0. The lowest BCUT2D eigenvalue weighted by Gasteiger charge is -2.28. The average molecular weight is 874 g/mol. The molecule has 0 saturated heterocycles. The predicted molar refractivity (Wildman–Crippen MR) is 262 cm³/mol. The summed E-state index contributed by atoms with van der Waals surface area (Å²) < 4.78 is 1.24. The van der Waals surface area contributed by atoms with Gasteiger partial charge >= 0.3 is 7.12 Å². The van der Waals surface area contributed by atoms with E-state index in [1.165, 1.54) is 60.6 Å². The minimum Gasteiger partial charge on any atom is -0.423 e. The fraction of sp³-hybridized carbons (Fsp3) is 0.143. The zero-order valence-electron chi connectivity index (χ0n) is 34.9. The van der Waals surface area contributed by atoms with Crippen molar-refractivity contribution in [3.05, 3.63) is 243 Å². The van der Waals surface area contributed by atoms with E-state index in [0.717, 1.165) is 73.9 Å². The van der Waals surface area contributed by atoms with Gasteiger partial charge in [0.1, 0.15) is 0 Å². The van der Waals surface area contributed by atoms with Gasteiger partial charge in [0.15, 0.2) is 0 Å². The van der Waals surface area contributed by atoms with Gasteiger partial charge in [0.2, 0.25) is 0 Å². The van der Waals surface area contributed by atoms with Gasteiger partial charge in [0.25, 0.3) is 0 Å². The number of benzene rings is 8. The molecule has 4 nitrogen and oxygen atoms in total. The second kappa shape index (κ2) is 19.3. The van der Waals surface area contributed by atoms with Crippen LogP contribution in [0.2, 0.25) is 0 Å². The van der Waals surface area contributed by atoms with Gasteiger partial charge in [0.05, 0.1) is 0 Å². The normalized spacial score (nSPS) is 12.9. The number of nitrogens with zero attached hydrogens (tertiary/aromatic N) is 2. The minimum atomic E-state index is -1.43. The first-order valence-corrected chi connectivity index (χ1v) is 22.6. The van der Waals surface area contributed by atoms with Crippen molar-refractivity contribution in [2.24, 2.45) is 0 Å². The van der Waals surface area contributed by atoms with Crippen LogP contribution >= 0.6 is 15.9 Å². The Labute approximate surface area is 375 Å². The third kappa shape index (κ3) is 9.49. The Balaban J connectivity index is 0.000000158. The molecule has 16 rings (SSSR count). The van der Waals surface area contributed by atoms with Crippen molar-refractivity contribution in [2.45, 2.75) is 51.4 Å². The zero-order chi connectivity index (χ0) is 42.3. The molecule has 62 heavy (non-hydrogen) atoms. The Bertz CT molecular complexity index is 2670. The number of hydrogen-bond donors (Lipinski definition) is 2. The topological polar surface area (TPSA) is 46.9 Å². The highest BCUT2D eigenvalue weighted by molar-refractivity contribution is 9.10. The highest BCUT2D eigenvalue weighted by Crippen LogP contribution is 2.40. The number of hydrogen-bond acceptors (Lipinski definition) is 4. The molecule has 2 N–H and O–H groups in total. The smallest absolute Gasteiger partial charge is 0.423 e. The standard InChI is InChI=1S/C28H26BNO2.C28H24BrN/c31-29(32)27-19-21-11-15-23(27)16-12-22-14-18-24(17-13-21)28(20-22)30(25-7-3-1-4-8-25)26-9-5-2-6-10-26;29-27-19-21-11-15-23(27)16-12-22-14-18-24(17-13-21)28(20-22)30(25-7-3-1-4-8-25)26-9-5-2-6-10-26/h1-11,14-15,18-20,31-32H,12-13,16-17H2;1-11,14-15,18-20H,12-13,16-17H2. The molecule has 6 heteroatoms. The summed E-state index contributed by atoms with van der Waals surface area (Å²) in [5.74, 6) is 0. The quantitative estimate of drug-likeness (QED) is 0.157. The number of anilines is 6. The van der Waals surface area contributed by atoms with Crippen LogP contribution in [0, 0.1) is 0 Å². The molecular formula is C56H50BBrN2O2. The first-order chi connectivity index (χ1) is 30.5. The maximum Gasteiger partial charge on any atom is 0.488 e. The molecule has 0 saturated carbocycles. The summed E-state index contributed by atoms with van der Waals surface area (Å²) >= 11 is 3.78. The van der Waals surface area contributed by atoms with Crippen LogP contribution in [0.4, 0.5) is 34.1 Å². The van der Waals surface area contributed by atoms with Crippen LogP contribution in [-0.4, -0.2) is 17.2 Å². The van der Waals surface area contributed by atoms with Crippen LogP contribution in [0.25, 0.3) is 0 Å². The Hall–Kier alpha value is -6.18. The molecule has 0 aromatic heterocycles. The van der Waals surface area contributed by atoms with Crippen molar-refractivity contribution in [2.75, 3.05) is 9.80 Å². The molecule has 0 fully saturated rings. The molecule has 0 spiro atoms. The third-order valence-corrected chi connectivity index (χ3v) is 12.9. The van der Waals surface area contributed by atoms with Gasteiger partial charge in [-0.05, 0) is 168 Å². The molecule has 306 valence electrons. The molecule has 0 atom stereocenters. The summed E-state index contributed by atoms with van der Waals surface area (Å²) in [7, 11) is -1.43. The van der Waals surface area contributed by atoms with E-state index >= 15 is 0 Å². The summed E-state index contributed by atoms with van der Waals surface area (Å²) in [5, 5.41) is 19.8. The summed E-state index contributed by atoms with van der Waals surface area (Å²) in [4.78, 5) is 4.75. The molecule has 0 amide bonds. The Morgan fingerprint density at radius 1 is 0.339 bits per heavy atom. The molecule has 0 aliphatic heterocycles. The van der Waals surface area contributed by atoms with Gasteiger partial charge in [-0.25, -0.2) is 0 Å². The van der Waals surface area contributed by atoms with E-state index in [-0.39, 0.29) is 0 Å². The maximum absolute atomic E-state index is 9.88. The number of aryl methyl sites for hydroxylation is 8. The summed E-state index contributed by atoms with van der Waals surface area (Å²) in [6.07, 6.45) is 7.42. The van der Waals surface area contributed by atoms with Gasteiger partial charge in [-0.1, -0.05) is 143 Å². The Kier molecular flexibility index (Phi) is 12.8. The van der Waals surface area contributed by atoms with Gasteiger partial charge in [-0.15, -0.1) is 0 Å². The number of para-hydroxylation sites is 4. The van der Waals surface area contributed by atoms with Crippen LogP contribution in [0.5, 0.6) is 0 Å². The third-order valence-electron chi connectivity index (χ3n) is 12.2. The molecule has 8 aromatic carbocycles. The maximum atomic E-state index is 9.88. The monoisotopic (exact) mass is 872 g/mol. The van der Waals surface area contributed by atoms with Crippen LogP contribution in [0.1, 0.15) is 44.5 Å². The number of halogens is 1. The van der Waals surface area contributed by atoms with E-state index in [0.29, 0.717) is 5.46 Å². The van der Waals surface area contributed by atoms with E-state index in [2.05, 4.69) is 202 Å². The van der Waals surface area contributed by atoms with Crippen molar-refractivity contribution in [1.82, 2.24) is 0 Å². The SMILES string of the molecule is Brc1cc2ccc1CCc1ccc(c(N(c3ccccc3)c3ccccc3)c1)CC2.OB(O)c1cc2ccc1CCc1ccc(c(N(c3ccccc3)c3ccccc3)c1)CC2. The second-order valence-electron chi connectivity index (χ2n) is 16.3. The van der Waals surface area contributed by atoms with Crippen LogP contribution in [0.3, 0.4) is 0 Å². The Morgan fingerprint density at radius 3 is 1.05 bits per heavy atom. The highest BCUT2D eigenvalue weighted by Gasteiger charge is 2.21. The number of rotatable bonds is 7. The van der Waals surface area contributed by atoms with Gasteiger partial charge in [-0.2, -0.15) is 0 Å². The van der Waals surface area contributed by atoms with Gasteiger partial charge in [0, 0.05) is 38.6 Å². The van der Waals surface area contributed by atoms with Crippen molar-refractivity contribution in [3.8, 4) is 0 Å². The van der Waals surface area contributed by atoms with Crippen molar-refractivity contribution in [1.29, 1.82) is 0 Å². The lowest BCUT2D eigenvalue weighted by molar-refractivity contribution is 0.425. The van der Waals surface area contributed by atoms with Crippen LogP contribution < -0.4 is 15.3 Å². The molecule has 0 radical (unpaired) electrons. The Morgan fingerprint density at radius 2 is 0.661 bits per heavy atom. The van der Waals surface area contributed by atoms with Crippen LogP contribution in [-0.2, 0) is 51.4 Å². The lowest BCUT2D eigenvalue weighted by Crippen LogP contribution is -2.33. The minimum absolute atomic E-state index is 0.632. The predicted octanol–water partition coefficient (Wildman–Crippen LogP) is 12.5. The van der Waals surface area contributed by atoms with E-state index in [1.54, 1.807) is 0 Å². The second-order valence-corrected chi connectivity index (χ2v) is 17.1. The van der Waals surface area contributed by atoms with Crippen molar-refractivity contribution in [3.63, 3.8) is 0 Å². The van der Waals surface area contributed by atoms with Gasteiger partial charge in [-0.3, -0.25) is 0 Å². The van der Waals surface area contributed by atoms with E-state index in [1.807, 2.05) is 18.2 Å². The van der Waals surface area contributed by atoms with E-state index < -0.39 is 7.12 Å². The molecule has 8 aliphatic carbocycles. The average Bonchev–Trinajstić information content (AvgIpc) is 3.30. The largest absolute Gasteiger partial charge is 0.488 e. The first-order valence-electron chi connectivity index (χ1n) is 21.8.